The third-order valence-corrected chi connectivity index (χ3v) is 6.21. The fourth-order valence-electron chi connectivity index (χ4n) is 4.52. The molecule has 3 heterocycles. The molecule has 4 amide bonds. The Morgan fingerprint density at radius 2 is 1.96 bits per heavy atom. The van der Waals surface area contributed by atoms with Crippen molar-refractivity contribution in [3.05, 3.63) is 34.9 Å². The first-order valence-electron chi connectivity index (χ1n) is 9.29. The molecule has 27 heavy (non-hydrogen) atoms. The van der Waals surface area contributed by atoms with E-state index in [0.717, 1.165) is 23.6 Å². The summed E-state index contributed by atoms with van der Waals surface area (Å²) in [6, 6.07) is 4.33. The van der Waals surface area contributed by atoms with Gasteiger partial charge in [0, 0.05) is 25.0 Å². The fraction of sp³-hybridized carbons (Fsp3) is 0.474. The van der Waals surface area contributed by atoms with Crippen LogP contribution in [-0.2, 0) is 16.1 Å². The Labute approximate surface area is 155 Å². The molecule has 1 unspecified atom stereocenters. The SMILES string of the molecule is O=C1CCC(N2C(=O)c3ccc(CN[C@@]45CNC[C@@H]4C5)cc3C2=O)C(=O)N1. The largest absolute Gasteiger partial charge is 0.315 e. The Balaban J connectivity index is 1.35. The van der Waals surface area contributed by atoms with Crippen LogP contribution < -0.4 is 16.0 Å². The number of carbonyl (C=O) groups is 4. The number of hydrogen-bond donors (Lipinski definition) is 3. The van der Waals surface area contributed by atoms with Gasteiger partial charge in [-0.2, -0.15) is 0 Å². The predicted octanol–water partition coefficient (Wildman–Crippen LogP) is -0.461. The van der Waals surface area contributed by atoms with E-state index in [0.29, 0.717) is 23.6 Å². The first-order chi connectivity index (χ1) is 13.0. The van der Waals surface area contributed by atoms with E-state index < -0.39 is 23.8 Å². The zero-order chi connectivity index (χ0) is 18.8. The highest BCUT2D eigenvalue weighted by Crippen LogP contribution is 2.46. The van der Waals surface area contributed by atoms with Crippen molar-refractivity contribution in [1.29, 1.82) is 0 Å². The second-order valence-electron chi connectivity index (χ2n) is 7.87. The van der Waals surface area contributed by atoms with E-state index in [9.17, 15) is 19.2 Å². The molecule has 0 spiro atoms. The zero-order valence-electron chi connectivity index (χ0n) is 14.7. The molecule has 0 aromatic heterocycles. The van der Waals surface area contributed by atoms with Gasteiger partial charge in [-0.3, -0.25) is 29.4 Å². The second-order valence-corrected chi connectivity index (χ2v) is 7.87. The van der Waals surface area contributed by atoms with Gasteiger partial charge in [0.05, 0.1) is 11.1 Å². The molecule has 0 bridgehead atoms. The van der Waals surface area contributed by atoms with Crippen molar-refractivity contribution in [3.8, 4) is 0 Å². The van der Waals surface area contributed by atoms with Crippen LogP contribution in [0.25, 0.3) is 0 Å². The summed E-state index contributed by atoms with van der Waals surface area (Å²) in [4.78, 5) is 49.9. The molecule has 1 aromatic carbocycles. The first kappa shape index (κ1) is 16.6. The third kappa shape index (κ3) is 2.51. The zero-order valence-corrected chi connectivity index (χ0v) is 14.7. The topological polar surface area (TPSA) is 108 Å². The summed E-state index contributed by atoms with van der Waals surface area (Å²) in [5.74, 6) is -1.21. The Kier molecular flexibility index (Phi) is 3.50. The van der Waals surface area contributed by atoms with Crippen LogP contribution in [0.5, 0.6) is 0 Å². The highest BCUT2D eigenvalue weighted by molar-refractivity contribution is 6.23. The minimum Gasteiger partial charge on any atom is -0.315 e. The second kappa shape index (κ2) is 5.71. The van der Waals surface area contributed by atoms with Crippen molar-refractivity contribution < 1.29 is 19.2 Å². The molecule has 5 rings (SSSR count). The highest BCUT2D eigenvalue weighted by atomic mass is 16.2. The third-order valence-electron chi connectivity index (χ3n) is 6.21. The van der Waals surface area contributed by atoms with Crippen LogP contribution in [0.3, 0.4) is 0 Å². The van der Waals surface area contributed by atoms with Crippen LogP contribution in [0.4, 0.5) is 0 Å². The van der Waals surface area contributed by atoms with Gasteiger partial charge in [0.15, 0.2) is 0 Å². The van der Waals surface area contributed by atoms with E-state index in [2.05, 4.69) is 16.0 Å². The minimum atomic E-state index is -0.924. The van der Waals surface area contributed by atoms with E-state index in [1.54, 1.807) is 12.1 Å². The van der Waals surface area contributed by atoms with Crippen molar-refractivity contribution in [2.24, 2.45) is 5.92 Å². The van der Waals surface area contributed by atoms with Crippen molar-refractivity contribution in [1.82, 2.24) is 20.9 Å². The molecular formula is C19H20N4O4. The molecule has 140 valence electrons. The van der Waals surface area contributed by atoms with Crippen LogP contribution in [-0.4, -0.2) is 53.2 Å². The molecule has 3 fully saturated rings. The summed E-state index contributed by atoms with van der Waals surface area (Å²) in [5, 5.41) is 9.16. The van der Waals surface area contributed by atoms with Crippen molar-refractivity contribution >= 4 is 23.6 Å². The molecule has 1 aliphatic carbocycles. The standard InChI is InChI=1S/C19H20N4O4/c24-15-4-3-14(16(25)22-15)23-17(26)12-2-1-10(5-13(12)18(23)27)7-21-19-6-11(19)8-20-9-19/h1-2,5,11,14,20-21H,3-4,6-9H2,(H,22,24,25)/t11-,14?,19-/m0/s1. The van der Waals surface area contributed by atoms with E-state index in [1.807, 2.05) is 6.07 Å². The lowest BCUT2D eigenvalue weighted by atomic mass is 10.0. The number of nitrogens with one attached hydrogen (secondary N) is 3. The van der Waals surface area contributed by atoms with Crippen molar-refractivity contribution in [2.45, 2.75) is 37.4 Å². The van der Waals surface area contributed by atoms with Crippen LogP contribution in [0, 0.1) is 5.92 Å². The Hall–Kier alpha value is -2.58. The fourth-order valence-corrected chi connectivity index (χ4v) is 4.52. The van der Waals surface area contributed by atoms with Crippen LogP contribution in [0.2, 0.25) is 0 Å². The lowest BCUT2D eigenvalue weighted by molar-refractivity contribution is -0.136. The molecule has 3 atom stereocenters. The number of benzene rings is 1. The Bertz CT molecular complexity index is 898. The molecule has 1 aromatic rings. The van der Waals surface area contributed by atoms with Gasteiger partial charge in [0.1, 0.15) is 6.04 Å². The summed E-state index contributed by atoms with van der Waals surface area (Å²) < 4.78 is 0. The molecule has 2 saturated heterocycles. The summed E-state index contributed by atoms with van der Waals surface area (Å²) in [6.45, 7) is 2.64. The number of rotatable bonds is 4. The smallest absolute Gasteiger partial charge is 0.262 e. The Morgan fingerprint density at radius 1 is 1.15 bits per heavy atom. The maximum absolute atomic E-state index is 12.8. The number of amides is 4. The van der Waals surface area contributed by atoms with E-state index in [1.165, 1.54) is 6.42 Å². The van der Waals surface area contributed by atoms with E-state index >= 15 is 0 Å². The maximum Gasteiger partial charge on any atom is 0.262 e. The number of imide groups is 2. The van der Waals surface area contributed by atoms with Gasteiger partial charge in [0.2, 0.25) is 11.8 Å². The van der Waals surface area contributed by atoms with Gasteiger partial charge >= 0.3 is 0 Å². The molecular weight excluding hydrogens is 348 g/mol. The van der Waals surface area contributed by atoms with Gasteiger partial charge in [-0.05, 0) is 43.0 Å². The number of fused-ring (bicyclic) bond motifs is 2. The van der Waals surface area contributed by atoms with Crippen molar-refractivity contribution in [2.75, 3.05) is 13.1 Å². The molecule has 1 saturated carbocycles. The number of hydrogen-bond acceptors (Lipinski definition) is 6. The van der Waals surface area contributed by atoms with Gasteiger partial charge in [-0.25, -0.2) is 0 Å². The summed E-state index contributed by atoms with van der Waals surface area (Å²) in [6.07, 6.45) is 1.46. The lowest BCUT2D eigenvalue weighted by Crippen LogP contribution is -2.54. The van der Waals surface area contributed by atoms with Gasteiger partial charge < -0.3 is 10.6 Å². The predicted molar refractivity (Wildman–Crippen MR) is 93.7 cm³/mol. The van der Waals surface area contributed by atoms with Gasteiger partial charge in [0.25, 0.3) is 11.8 Å². The number of nitrogens with zero attached hydrogens (tertiary/aromatic N) is 1. The average Bonchev–Trinajstić information content (AvgIpc) is 3.10. The average molecular weight is 368 g/mol. The summed E-state index contributed by atoms with van der Waals surface area (Å²) >= 11 is 0. The maximum atomic E-state index is 12.8. The van der Waals surface area contributed by atoms with Crippen molar-refractivity contribution in [3.63, 3.8) is 0 Å². The van der Waals surface area contributed by atoms with E-state index in [-0.39, 0.29) is 24.3 Å². The van der Waals surface area contributed by atoms with Gasteiger partial charge in [-0.1, -0.05) is 6.07 Å². The minimum absolute atomic E-state index is 0.121. The van der Waals surface area contributed by atoms with Crippen LogP contribution in [0.15, 0.2) is 18.2 Å². The summed E-state index contributed by atoms with van der Waals surface area (Å²) in [5.41, 5.74) is 1.77. The quantitative estimate of drug-likeness (QED) is 0.621. The van der Waals surface area contributed by atoms with E-state index in [4.69, 9.17) is 0 Å². The first-order valence-corrected chi connectivity index (χ1v) is 9.29. The summed E-state index contributed by atoms with van der Waals surface area (Å²) in [7, 11) is 0. The normalized spacial score (nSPS) is 31.8. The number of piperidine rings is 2. The Morgan fingerprint density at radius 3 is 2.67 bits per heavy atom. The number of carbonyl (C=O) groups excluding carboxylic acids is 4. The molecule has 3 aliphatic heterocycles. The monoisotopic (exact) mass is 368 g/mol. The molecule has 4 aliphatic rings. The lowest BCUT2D eigenvalue weighted by Gasteiger charge is -2.27. The highest BCUT2D eigenvalue weighted by Gasteiger charge is 2.56. The molecule has 3 N–H and O–H groups in total. The molecule has 8 heteroatoms. The molecule has 8 nitrogen and oxygen atoms in total. The molecule has 0 radical (unpaired) electrons. The van der Waals surface area contributed by atoms with Gasteiger partial charge in [-0.15, -0.1) is 0 Å². The van der Waals surface area contributed by atoms with Crippen LogP contribution >= 0.6 is 0 Å². The van der Waals surface area contributed by atoms with Crippen LogP contribution in [0.1, 0.15) is 45.5 Å².